The minimum Gasteiger partial charge on any atom is -0.370 e. The third-order valence-corrected chi connectivity index (χ3v) is 5.11. The number of nitrogens with two attached hydrogens (primary N) is 1. The minimum atomic E-state index is -3.12. The van der Waals surface area contributed by atoms with E-state index in [0.717, 1.165) is 16.8 Å². The summed E-state index contributed by atoms with van der Waals surface area (Å²) in [5.41, 5.74) is 9.06. The number of anilines is 1. The zero-order valence-corrected chi connectivity index (χ0v) is 17.3. The summed E-state index contributed by atoms with van der Waals surface area (Å²) in [4.78, 5) is 4.22. The van der Waals surface area contributed by atoms with Gasteiger partial charge in [-0.15, -0.1) is 24.0 Å². The highest BCUT2D eigenvalue weighted by atomic mass is 127. The van der Waals surface area contributed by atoms with Crippen LogP contribution in [0.1, 0.15) is 24.5 Å². The topological polar surface area (TPSA) is 87.8 Å². The number of aliphatic imine (C=N–C) groups is 1. The molecule has 0 saturated carbocycles. The molecule has 132 valence electrons. The van der Waals surface area contributed by atoms with Crippen molar-refractivity contribution in [1.82, 2.24) is 4.31 Å². The molecule has 1 aromatic rings. The molecule has 0 amide bonds. The number of halogens is 1. The largest absolute Gasteiger partial charge is 0.370 e. The van der Waals surface area contributed by atoms with Crippen LogP contribution in [0.5, 0.6) is 0 Å². The van der Waals surface area contributed by atoms with Gasteiger partial charge in [-0.25, -0.2) is 12.7 Å². The van der Waals surface area contributed by atoms with E-state index >= 15 is 0 Å². The smallest absolute Gasteiger partial charge is 0.213 e. The molecule has 0 heterocycles. The van der Waals surface area contributed by atoms with E-state index in [1.165, 1.54) is 4.31 Å². The molecule has 0 aliphatic rings. The Balaban J connectivity index is 0.00000484. The van der Waals surface area contributed by atoms with Crippen molar-refractivity contribution in [2.45, 2.75) is 27.2 Å². The van der Waals surface area contributed by atoms with Crippen molar-refractivity contribution in [2.75, 3.05) is 31.2 Å². The molecule has 0 saturated heterocycles. The van der Waals surface area contributed by atoms with E-state index in [4.69, 9.17) is 5.73 Å². The van der Waals surface area contributed by atoms with Gasteiger partial charge in [0, 0.05) is 25.8 Å². The third-order valence-electron chi connectivity index (χ3n) is 3.25. The van der Waals surface area contributed by atoms with Gasteiger partial charge in [0.25, 0.3) is 0 Å². The minimum absolute atomic E-state index is 0. The lowest BCUT2D eigenvalue weighted by molar-refractivity contribution is 0.465. The Morgan fingerprint density at radius 2 is 1.83 bits per heavy atom. The normalized spacial score (nSPS) is 12.1. The van der Waals surface area contributed by atoms with Crippen LogP contribution in [-0.4, -0.2) is 44.6 Å². The molecule has 0 spiro atoms. The second-order valence-corrected chi connectivity index (χ2v) is 7.71. The number of nitrogens with zero attached hydrogens (tertiary/aromatic N) is 2. The molecule has 1 rings (SSSR count). The van der Waals surface area contributed by atoms with E-state index in [1.807, 2.05) is 26.0 Å². The van der Waals surface area contributed by atoms with Crippen molar-refractivity contribution in [3.63, 3.8) is 0 Å². The van der Waals surface area contributed by atoms with E-state index in [2.05, 4.69) is 16.4 Å². The highest BCUT2D eigenvalue weighted by Gasteiger charge is 2.13. The maximum Gasteiger partial charge on any atom is 0.213 e. The molecule has 1 aromatic carbocycles. The summed E-state index contributed by atoms with van der Waals surface area (Å²) in [7, 11) is -1.54. The Morgan fingerprint density at radius 3 is 2.35 bits per heavy atom. The van der Waals surface area contributed by atoms with Gasteiger partial charge in [0.1, 0.15) is 0 Å². The van der Waals surface area contributed by atoms with E-state index in [9.17, 15) is 8.42 Å². The van der Waals surface area contributed by atoms with Crippen molar-refractivity contribution < 1.29 is 8.42 Å². The van der Waals surface area contributed by atoms with Crippen LogP contribution < -0.4 is 11.1 Å². The molecule has 0 unspecified atom stereocenters. The number of guanidine groups is 1. The molecule has 8 heteroatoms. The van der Waals surface area contributed by atoms with E-state index < -0.39 is 10.0 Å². The number of rotatable bonds is 7. The van der Waals surface area contributed by atoms with Gasteiger partial charge in [-0.1, -0.05) is 6.07 Å². The molecule has 0 radical (unpaired) electrons. The summed E-state index contributed by atoms with van der Waals surface area (Å²) in [5.74, 6) is 0.453. The van der Waals surface area contributed by atoms with Crippen LogP contribution in [0.2, 0.25) is 0 Å². The summed E-state index contributed by atoms with van der Waals surface area (Å²) in [5, 5.41) is 3.05. The first-order valence-electron chi connectivity index (χ1n) is 7.34. The maximum absolute atomic E-state index is 11.6. The zero-order chi connectivity index (χ0) is 16.8. The molecule has 6 nitrogen and oxygen atoms in total. The van der Waals surface area contributed by atoms with Crippen LogP contribution in [0.15, 0.2) is 23.2 Å². The summed E-state index contributed by atoms with van der Waals surface area (Å²) in [6.45, 7) is 6.60. The zero-order valence-electron chi connectivity index (χ0n) is 14.2. The Hall–Kier alpha value is -0.870. The van der Waals surface area contributed by atoms with Gasteiger partial charge in [-0.3, -0.25) is 4.99 Å². The Kier molecular flexibility index (Phi) is 9.71. The first-order valence-corrected chi connectivity index (χ1v) is 8.94. The number of nitrogens with one attached hydrogen (secondary N) is 1. The Morgan fingerprint density at radius 1 is 1.26 bits per heavy atom. The van der Waals surface area contributed by atoms with Gasteiger partial charge in [0.15, 0.2) is 5.96 Å². The third kappa shape index (κ3) is 7.98. The highest BCUT2D eigenvalue weighted by molar-refractivity contribution is 14.0. The van der Waals surface area contributed by atoms with Crippen LogP contribution in [0.4, 0.5) is 5.69 Å². The number of hydrogen-bond acceptors (Lipinski definition) is 3. The van der Waals surface area contributed by atoms with Crippen molar-refractivity contribution in [1.29, 1.82) is 0 Å². The molecule has 0 bridgehead atoms. The van der Waals surface area contributed by atoms with Crippen LogP contribution in [-0.2, 0) is 10.0 Å². The van der Waals surface area contributed by atoms with Crippen molar-refractivity contribution in [3.8, 4) is 0 Å². The number of hydrogen-bond donors (Lipinski definition) is 2. The van der Waals surface area contributed by atoms with Crippen LogP contribution >= 0.6 is 24.0 Å². The van der Waals surface area contributed by atoms with Crippen molar-refractivity contribution >= 4 is 45.6 Å². The predicted molar refractivity (Wildman–Crippen MR) is 108 cm³/mol. The second-order valence-electron chi connectivity index (χ2n) is 5.34. The maximum atomic E-state index is 11.6. The molecule has 0 aromatic heterocycles. The lowest BCUT2D eigenvalue weighted by Crippen LogP contribution is -2.30. The van der Waals surface area contributed by atoms with Gasteiger partial charge < -0.3 is 11.1 Å². The van der Waals surface area contributed by atoms with E-state index in [0.29, 0.717) is 25.5 Å². The first kappa shape index (κ1) is 22.1. The van der Waals surface area contributed by atoms with Gasteiger partial charge in [0.2, 0.25) is 10.0 Å². The summed E-state index contributed by atoms with van der Waals surface area (Å²) in [6.07, 6.45) is 0.630. The van der Waals surface area contributed by atoms with Crippen LogP contribution in [0.3, 0.4) is 0 Å². The van der Waals surface area contributed by atoms with Crippen molar-refractivity contribution in [2.24, 2.45) is 10.7 Å². The second kappa shape index (κ2) is 10.1. The summed E-state index contributed by atoms with van der Waals surface area (Å²) < 4.78 is 24.5. The fourth-order valence-corrected chi connectivity index (χ4v) is 2.93. The molecular formula is C15H27IN4O2S. The van der Waals surface area contributed by atoms with Gasteiger partial charge in [0.05, 0.1) is 5.75 Å². The molecule has 0 aliphatic heterocycles. The molecule has 0 aliphatic carbocycles. The molecule has 3 N–H and O–H groups in total. The SMILES string of the molecule is CCS(=O)(=O)N(C)CCCN=C(N)Nc1cc(C)cc(C)c1.I. The lowest BCUT2D eigenvalue weighted by atomic mass is 10.1. The Bertz CT molecular complexity index is 612. The average Bonchev–Trinajstić information content (AvgIpc) is 2.42. The van der Waals surface area contributed by atoms with Crippen molar-refractivity contribution in [3.05, 3.63) is 29.3 Å². The lowest BCUT2D eigenvalue weighted by Gasteiger charge is -2.15. The fraction of sp³-hybridized carbons (Fsp3) is 0.533. The number of sulfonamides is 1. The monoisotopic (exact) mass is 454 g/mol. The molecule has 23 heavy (non-hydrogen) atoms. The van der Waals surface area contributed by atoms with Crippen LogP contribution in [0.25, 0.3) is 0 Å². The van der Waals surface area contributed by atoms with Gasteiger partial charge in [-0.2, -0.15) is 0 Å². The van der Waals surface area contributed by atoms with Gasteiger partial charge >= 0.3 is 0 Å². The van der Waals surface area contributed by atoms with E-state index in [-0.39, 0.29) is 29.7 Å². The number of aryl methyl sites for hydroxylation is 2. The average molecular weight is 454 g/mol. The standard InChI is InChI=1S/C15H26N4O2S.HI/c1-5-22(20,21)19(4)8-6-7-17-15(16)18-14-10-12(2)9-13(3)11-14;/h9-11H,5-8H2,1-4H3,(H3,16,17,18);1H. The summed E-state index contributed by atoms with van der Waals surface area (Å²) in [6, 6.07) is 6.08. The predicted octanol–water partition coefficient (Wildman–Crippen LogP) is 2.32. The molecule has 0 fully saturated rings. The highest BCUT2D eigenvalue weighted by Crippen LogP contribution is 2.13. The first-order chi connectivity index (χ1) is 10.2. The molecular weight excluding hydrogens is 427 g/mol. The Labute approximate surface area is 156 Å². The number of benzene rings is 1. The summed E-state index contributed by atoms with van der Waals surface area (Å²) >= 11 is 0. The fourth-order valence-electron chi connectivity index (χ4n) is 2.09. The van der Waals surface area contributed by atoms with Gasteiger partial charge in [-0.05, 0) is 50.5 Å². The molecule has 0 atom stereocenters. The van der Waals surface area contributed by atoms with Crippen LogP contribution in [0, 0.1) is 13.8 Å². The quantitative estimate of drug-likeness (QED) is 0.287. The van der Waals surface area contributed by atoms with E-state index in [1.54, 1.807) is 14.0 Å².